The highest BCUT2D eigenvalue weighted by atomic mass is 32.1. The summed E-state index contributed by atoms with van der Waals surface area (Å²) in [6, 6.07) is 0. The maximum atomic E-state index is 5.50. The van der Waals surface area contributed by atoms with Crippen molar-refractivity contribution in [2.45, 2.75) is 0 Å². The fourth-order valence-electron chi connectivity index (χ4n) is 1.62. The van der Waals surface area contributed by atoms with Crippen molar-refractivity contribution in [1.82, 2.24) is 10.2 Å². The smallest absolute Gasteiger partial charge is 0.169 e. The fraction of sp³-hybridized carbons (Fsp3) is 0.769. The predicted octanol–water partition coefficient (Wildman–Crippen LogP) is 0.386. The fourth-order valence-corrected chi connectivity index (χ4v) is 1.90. The second-order valence-electron chi connectivity index (χ2n) is 4.09. The molecule has 6 nitrogen and oxygen atoms in total. The van der Waals surface area contributed by atoms with Crippen molar-refractivity contribution in [3.63, 3.8) is 0 Å². The van der Waals surface area contributed by atoms with E-state index in [9.17, 15) is 0 Å². The maximum Gasteiger partial charge on any atom is 0.169 e. The zero-order valence-electron chi connectivity index (χ0n) is 11.8. The molecular weight excluding hydrogens is 280 g/mol. The van der Waals surface area contributed by atoms with Gasteiger partial charge in [0, 0.05) is 13.1 Å². The summed E-state index contributed by atoms with van der Waals surface area (Å²) < 4.78 is 21.4. The summed E-state index contributed by atoms with van der Waals surface area (Å²) >= 11 is 5.36. The summed E-state index contributed by atoms with van der Waals surface area (Å²) in [6.07, 6.45) is 1.42. The van der Waals surface area contributed by atoms with Crippen LogP contribution in [0.5, 0.6) is 0 Å². The Bertz CT molecular complexity index is 267. The van der Waals surface area contributed by atoms with E-state index in [1.807, 2.05) is 4.90 Å². The number of nitrogens with zero attached hydrogens (tertiary/aromatic N) is 1. The van der Waals surface area contributed by atoms with Gasteiger partial charge in [0.15, 0.2) is 5.11 Å². The number of ether oxygens (including phenoxy) is 4. The van der Waals surface area contributed by atoms with E-state index in [1.54, 1.807) is 0 Å². The average molecular weight is 304 g/mol. The normalized spacial score (nSPS) is 18.5. The minimum absolute atomic E-state index is 0.543. The zero-order valence-corrected chi connectivity index (χ0v) is 12.7. The van der Waals surface area contributed by atoms with E-state index in [4.69, 9.17) is 31.2 Å². The Morgan fingerprint density at radius 2 is 1.65 bits per heavy atom. The van der Waals surface area contributed by atoms with Crippen molar-refractivity contribution in [2.75, 3.05) is 65.9 Å². The molecule has 0 bridgehead atoms. The molecular formula is C13H24N2O4S. The lowest BCUT2D eigenvalue weighted by atomic mass is 10.5. The Labute approximate surface area is 126 Å². The average Bonchev–Trinajstić information content (AvgIpc) is 2.44. The minimum Gasteiger partial charge on any atom is -0.500 e. The lowest BCUT2D eigenvalue weighted by Crippen LogP contribution is -2.44. The lowest BCUT2D eigenvalue weighted by Gasteiger charge is -2.26. The number of thiocarbonyl (C=S) groups is 1. The summed E-state index contributed by atoms with van der Waals surface area (Å²) in [5.74, 6) is 0. The van der Waals surface area contributed by atoms with Gasteiger partial charge in [0.25, 0.3) is 0 Å². The standard InChI is InChI=1S/C13H24N2O4S/c1-2-16-6-3-14-13(20)15-4-7-17-9-11-19-12-10-18-8-5-15/h2H,1,3-12H2,(H,14,20). The Hall–Kier alpha value is -0.890. The largest absolute Gasteiger partial charge is 0.500 e. The molecule has 1 fully saturated rings. The molecule has 1 rings (SSSR count). The van der Waals surface area contributed by atoms with Crippen molar-refractivity contribution in [1.29, 1.82) is 0 Å². The van der Waals surface area contributed by atoms with Crippen molar-refractivity contribution in [3.05, 3.63) is 12.8 Å². The molecule has 7 heteroatoms. The summed E-state index contributed by atoms with van der Waals surface area (Å²) in [4.78, 5) is 2.05. The zero-order chi connectivity index (χ0) is 14.5. The van der Waals surface area contributed by atoms with Crippen LogP contribution < -0.4 is 5.32 Å². The number of hydrogen-bond donors (Lipinski definition) is 1. The van der Waals surface area contributed by atoms with E-state index in [1.165, 1.54) is 6.26 Å². The lowest BCUT2D eigenvalue weighted by molar-refractivity contribution is 0.00143. The van der Waals surface area contributed by atoms with Crippen LogP contribution >= 0.6 is 12.2 Å². The molecule has 1 aliphatic heterocycles. The first-order valence-corrected chi connectivity index (χ1v) is 7.24. The molecule has 116 valence electrons. The molecule has 0 aromatic heterocycles. The number of rotatable bonds is 4. The van der Waals surface area contributed by atoms with Crippen LogP contribution in [0.1, 0.15) is 0 Å². The van der Waals surface area contributed by atoms with Gasteiger partial charge in [-0.1, -0.05) is 6.58 Å². The first-order valence-electron chi connectivity index (χ1n) is 6.83. The van der Waals surface area contributed by atoms with Gasteiger partial charge in [0.1, 0.15) is 6.61 Å². The van der Waals surface area contributed by atoms with Crippen molar-refractivity contribution in [3.8, 4) is 0 Å². The quantitative estimate of drug-likeness (QED) is 0.458. The molecule has 0 unspecified atom stereocenters. The van der Waals surface area contributed by atoms with Gasteiger partial charge in [0.05, 0.1) is 52.4 Å². The predicted molar refractivity (Wildman–Crippen MR) is 80.8 cm³/mol. The molecule has 0 amide bonds. The SMILES string of the molecule is C=COCCNC(=S)N1CCOCCOCCOCC1. The minimum atomic E-state index is 0.543. The summed E-state index contributed by atoms with van der Waals surface area (Å²) in [5, 5.41) is 3.84. The highest BCUT2D eigenvalue weighted by molar-refractivity contribution is 7.80. The van der Waals surface area contributed by atoms with Crippen LogP contribution in [0, 0.1) is 0 Å². The van der Waals surface area contributed by atoms with Crippen LogP contribution in [0.2, 0.25) is 0 Å². The molecule has 20 heavy (non-hydrogen) atoms. The highest BCUT2D eigenvalue weighted by Gasteiger charge is 2.09. The summed E-state index contributed by atoms with van der Waals surface area (Å²) in [5.41, 5.74) is 0. The number of hydrogen-bond acceptors (Lipinski definition) is 5. The van der Waals surface area contributed by atoms with Crippen LogP contribution in [-0.2, 0) is 18.9 Å². The third kappa shape index (κ3) is 8.31. The number of nitrogens with one attached hydrogen (secondary N) is 1. The van der Waals surface area contributed by atoms with Gasteiger partial charge < -0.3 is 29.2 Å². The van der Waals surface area contributed by atoms with E-state index in [-0.39, 0.29) is 0 Å². The van der Waals surface area contributed by atoms with Gasteiger partial charge in [0.2, 0.25) is 0 Å². The van der Waals surface area contributed by atoms with E-state index in [2.05, 4.69) is 11.9 Å². The monoisotopic (exact) mass is 304 g/mol. The van der Waals surface area contributed by atoms with Crippen molar-refractivity contribution >= 4 is 17.3 Å². The van der Waals surface area contributed by atoms with Gasteiger partial charge in [-0.15, -0.1) is 0 Å². The highest BCUT2D eigenvalue weighted by Crippen LogP contribution is 1.94. The van der Waals surface area contributed by atoms with Crippen LogP contribution in [0.25, 0.3) is 0 Å². The summed E-state index contributed by atoms with van der Waals surface area (Å²) in [7, 11) is 0. The second kappa shape index (κ2) is 11.9. The van der Waals surface area contributed by atoms with Gasteiger partial charge >= 0.3 is 0 Å². The van der Waals surface area contributed by atoms with E-state index >= 15 is 0 Å². The third-order valence-corrected chi connectivity index (χ3v) is 3.06. The van der Waals surface area contributed by atoms with Crippen molar-refractivity contribution < 1.29 is 18.9 Å². The van der Waals surface area contributed by atoms with Crippen LogP contribution in [0.4, 0.5) is 0 Å². The Kier molecular flexibility index (Phi) is 10.2. The van der Waals surface area contributed by atoms with Gasteiger partial charge in [-0.2, -0.15) is 0 Å². The molecule has 1 aliphatic rings. The van der Waals surface area contributed by atoms with Gasteiger partial charge in [-0.05, 0) is 12.2 Å². The molecule has 0 aliphatic carbocycles. The molecule has 0 saturated carbocycles. The molecule has 1 saturated heterocycles. The van der Waals surface area contributed by atoms with Gasteiger partial charge in [-0.3, -0.25) is 0 Å². The van der Waals surface area contributed by atoms with E-state index in [0.29, 0.717) is 57.9 Å². The molecule has 0 atom stereocenters. The topological polar surface area (TPSA) is 52.2 Å². The van der Waals surface area contributed by atoms with Crippen LogP contribution in [0.15, 0.2) is 12.8 Å². The molecule has 1 heterocycles. The van der Waals surface area contributed by atoms with Crippen LogP contribution in [-0.4, -0.2) is 75.9 Å². The van der Waals surface area contributed by atoms with Crippen LogP contribution in [0.3, 0.4) is 0 Å². The molecule has 1 N–H and O–H groups in total. The van der Waals surface area contributed by atoms with E-state index in [0.717, 1.165) is 13.1 Å². The first kappa shape index (κ1) is 17.2. The molecule has 0 aromatic carbocycles. The molecule has 0 aromatic rings. The van der Waals surface area contributed by atoms with E-state index < -0.39 is 0 Å². The molecule has 0 spiro atoms. The first-order chi connectivity index (χ1) is 9.84. The van der Waals surface area contributed by atoms with Crippen molar-refractivity contribution in [2.24, 2.45) is 0 Å². The third-order valence-electron chi connectivity index (χ3n) is 2.66. The Morgan fingerprint density at radius 1 is 1.10 bits per heavy atom. The molecule has 0 radical (unpaired) electrons. The second-order valence-corrected chi connectivity index (χ2v) is 4.48. The maximum absolute atomic E-state index is 5.50. The van der Waals surface area contributed by atoms with Gasteiger partial charge in [-0.25, -0.2) is 0 Å². The Balaban J connectivity index is 2.29. The Morgan fingerprint density at radius 3 is 2.20 bits per heavy atom. The summed E-state index contributed by atoms with van der Waals surface area (Å²) in [6.45, 7) is 9.79.